The number of alkyl halides is 1. The smallest absolute Gasteiger partial charge is 0.137 e. The molecule has 0 nitrogen and oxygen atoms in total. The summed E-state index contributed by atoms with van der Waals surface area (Å²) in [5, 5.41) is 0.810. The molecule has 1 aromatic rings. The van der Waals surface area contributed by atoms with Gasteiger partial charge in [0, 0.05) is 5.33 Å². The molecule has 0 N–H and O–H groups in total. The van der Waals surface area contributed by atoms with Crippen molar-refractivity contribution < 1.29 is 4.39 Å². The van der Waals surface area contributed by atoms with Crippen molar-refractivity contribution in [1.82, 2.24) is 0 Å². The Morgan fingerprint density at radius 1 is 1.54 bits per heavy atom. The molecular weight excluding hydrogens is 299 g/mol. The number of halogens is 3. The lowest BCUT2D eigenvalue weighted by molar-refractivity contribution is 0.621. The maximum Gasteiger partial charge on any atom is 0.137 e. The minimum absolute atomic E-state index is 0.226. The van der Waals surface area contributed by atoms with E-state index in [0.717, 1.165) is 10.9 Å². The summed E-state index contributed by atoms with van der Waals surface area (Å²) < 4.78 is 13.5. The fourth-order valence-corrected chi connectivity index (χ4v) is 1.33. The summed E-state index contributed by atoms with van der Waals surface area (Å²) in [4.78, 5) is 0. The van der Waals surface area contributed by atoms with Crippen molar-refractivity contribution in [2.24, 2.45) is 0 Å². The van der Waals surface area contributed by atoms with Gasteiger partial charge in [-0.25, -0.2) is 4.39 Å². The van der Waals surface area contributed by atoms with Crippen molar-refractivity contribution >= 4 is 37.9 Å². The van der Waals surface area contributed by atoms with Crippen LogP contribution in [0.2, 0.25) is 0 Å². The van der Waals surface area contributed by atoms with Crippen LogP contribution in [0.3, 0.4) is 0 Å². The third kappa shape index (κ3) is 3.24. The Balaban J connectivity index is 2.98. The molecule has 0 saturated carbocycles. The first-order chi connectivity index (χ1) is 6.13. The standard InChI is InChI=1S/C10H9Br2F/c1-7(6-11)4-8-2-3-9(12)10(13)5-8/h2-5H,6H2,1H3/b7-4-. The number of allylic oxidation sites excluding steroid dienone is 1. The molecule has 0 atom stereocenters. The summed E-state index contributed by atoms with van der Waals surface area (Å²) in [5.74, 6) is -0.226. The SMILES string of the molecule is C/C(=C/c1ccc(Br)c(F)c1)CBr. The lowest BCUT2D eigenvalue weighted by atomic mass is 10.1. The molecule has 0 radical (unpaired) electrons. The van der Waals surface area contributed by atoms with Crippen molar-refractivity contribution in [3.8, 4) is 0 Å². The molecule has 3 heteroatoms. The van der Waals surface area contributed by atoms with Gasteiger partial charge in [-0.3, -0.25) is 0 Å². The van der Waals surface area contributed by atoms with Gasteiger partial charge >= 0.3 is 0 Å². The van der Waals surface area contributed by atoms with Crippen molar-refractivity contribution in [1.29, 1.82) is 0 Å². The second-order valence-corrected chi connectivity index (χ2v) is 4.21. The van der Waals surface area contributed by atoms with Crippen LogP contribution < -0.4 is 0 Å². The van der Waals surface area contributed by atoms with E-state index in [4.69, 9.17) is 0 Å². The first-order valence-electron chi connectivity index (χ1n) is 3.81. The van der Waals surface area contributed by atoms with E-state index >= 15 is 0 Å². The van der Waals surface area contributed by atoms with E-state index in [1.54, 1.807) is 6.07 Å². The topological polar surface area (TPSA) is 0 Å². The van der Waals surface area contributed by atoms with Crippen LogP contribution >= 0.6 is 31.9 Å². The van der Waals surface area contributed by atoms with Crippen LogP contribution in [0.1, 0.15) is 12.5 Å². The number of hydrogen-bond donors (Lipinski definition) is 0. The van der Waals surface area contributed by atoms with Crippen molar-refractivity contribution in [2.75, 3.05) is 5.33 Å². The van der Waals surface area contributed by atoms with E-state index in [2.05, 4.69) is 31.9 Å². The first kappa shape index (κ1) is 10.9. The minimum atomic E-state index is -0.226. The van der Waals surface area contributed by atoms with Crippen LogP contribution in [0.15, 0.2) is 28.2 Å². The normalized spacial score (nSPS) is 11.8. The highest BCUT2D eigenvalue weighted by Crippen LogP contribution is 2.18. The zero-order chi connectivity index (χ0) is 9.84. The third-order valence-electron chi connectivity index (χ3n) is 1.57. The largest absolute Gasteiger partial charge is 0.206 e. The van der Waals surface area contributed by atoms with Gasteiger partial charge in [0.25, 0.3) is 0 Å². The average molecular weight is 308 g/mol. The number of hydrogen-bond acceptors (Lipinski definition) is 0. The molecule has 70 valence electrons. The van der Waals surface area contributed by atoms with Crippen LogP contribution in [0.25, 0.3) is 6.08 Å². The second kappa shape index (κ2) is 4.91. The number of benzene rings is 1. The Kier molecular flexibility index (Phi) is 4.13. The summed E-state index contributed by atoms with van der Waals surface area (Å²) in [5.41, 5.74) is 2.05. The van der Waals surface area contributed by atoms with E-state index in [0.29, 0.717) is 4.47 Å². The second-order valence-electron chi connectivity index (χ2n) is 2.80. The Hall–Kier alpha value is -0.150. The van der Waals surface area contributed by atoms with Gasteiger partial charge in [0.1, 0.15) is 5.82 Å². The molecule has 0 aliphatic rings. The van der Waals surface area contributed by atoms with Crippen molar-refractivity contribution in [2.45, 2.75) is 6.92 Å². The summed E-state index contributed by atoms with van der Waals surface area (Å²) in [7, 11) is 0. The predicted octanol–water partition coefficient (Wildman–Crippen LogP) is 4.39. The molecule has 13 heavy (non-hydrogen) atoms. The number of rotatable bonds is 2. The molecule has 0 saturated heterocycles. The molecule has 0 spiro atoms. The molecule has 0 bridgehead atoms. The Bertz CT molecular complexity index is 332. The molecular formula is C10H9Br2F. The zero-order valence-electron chi connectivity index (χ0n) is 7.15. The molecule has 0 aliphatic heterocycles. The van der Waals surface area contributed by atoms with Gasteiger partial charge in [0.2, 0.25) is 0 Å². The van der Waals surface area contributed by atoms with E-state index in [1.807, 2.05) is 19.1 Å². The summed E-state index contributed by atoms with van der Waals surface area (Å²) in [6.07, 6.45) is 1.95. The Morgan fingerprint density at radius 3 is 2.77 bits per heavy atom. The van der Waals surface area contributed by atoms with E-state index in [9.17, 15) is 4.39 Å². The lowest BCUT2D eigenvalue weighted by Gasteiger charge is -1.98. The van der Waals surface area contributed by atoms with Crippen LogP contribution in [0.5, 0.6) is 0 Å². The molecule has 0 amide bonds. The highest BCUT2D eigenvalue weighted by molar-refractivity contribution is 9.10. The van der Waals surface area contributed by atoms with Crippen LogP contribution in [-0.4, -0.2) is 5.33 Å². The fourth-order valence-electron chi connectivity index (χ4n) is 0.925. The quantitative estimate of drug-likeness (QED) is 0.711. The van der Waals surface area contributed by atoms with Crippen LogP contribution in [0.4, 0.5) is 4.39 Å². The monoisotopic (exact) mass is 306 g/mol. The van der Waals surface area contributed by atoms with Gasteiger partial charge < -0.3 is 0 Å². The van der Waals surface area contributed by atoms with Crippen LogP contribution in [-0.2, 0) is 0 Å². The van der Waals surface area contributed by atoms with E-state index in [1.165, 1.54) is 11.6 Å². The van der Waals surface area contributed by atoms with Crippen LogP contribution in [0, 0.1) is 5.82 Å². The molecule has 0 fully saturated rings. The molecule has 0 aromatic heterocycles. The summed E-state index contributed by atoms with van der Waals surface area (Å²) >= 11 is 6.44. The Labute approximate surface area is 94.1 Å². The van der Waals surface area contributed by atoms with Gasteiger partial charge in [-0.05, 0) is 40.5 Å². The third-order valence-corrected chi connectivity index (χ3v) is 3.10. The molecule has 1 rings (SSSR count). The fraction of sp³-hybridized carbons (Fsp3) is 0.200. The van der Waals surface area contributed by atoms with Gasteiger partial charge in [-0.1, -0.05) is 33.6 Å². The minimum Gasteiger partial charge on any atom is -0.206 e. The molecule has 0 heterocycles. The van der Waals surface area contributed by atoms with Gasteiger partial charge in [-0.15, -0.1) is 0 Å². The summed E-state index contributed by atoms with van der Waals surface area (Å²) in [6, 6.07) is 5.10. The van der Waals surface area contributed by atoms with Gasteiger partial charge in [0.05, 0.1) is 4.47 Å². The molecule has 0 unspecified atom stereocenters. The predicted molar refractivity (Wildman–Crippen MR) is 61.5 cm³/mol. The zero-order valence-corrected chi connectivity index (χ0v) is 10.3. The molecule has 0 aliphatic carbocycles. The van der Waals surface area contributed by atoms with E-state index in [-0.39, 0.29) is 5.82 Å². The average Bonchev–Trinajstić information content (AvgIpc) is 2.11. The highest BCUT2D eigenvalue weighted by atomic mass is 79.9. The van der Waals surface area contributed by atoms with Gasteiger partial charge in [-0.2, -0.15) is 0 Å². The summed E-state index contributed by atoms with van der Waals surface area (Å²) in [6.45, 7) is 1.99. The van der Waals surface area contributed by atoms with Gasteiger partial charge in [0.15, 0.2) is 0 Å². The van der Waals surface area contributed by atoms with E-state index < -0.39 is 0 Å². The maximum atomic E-state index is 13.0. The molecule has 1 aromatic carbocycles. The lowest BCUT2D eigenvalue weighted by Crippen LogP contribution is -1.81. The maximum absolute atomic E-state index is 13.0. The first-order valence-corrected chi connectivity index (χ1v) is 5.73. The Morgan fingerprint density at radius 2 is 2.23 bits per heavy atom. The van der Waals surface area contributed by atoms with Crippen molar-refractivity contribution in [3.05, 3.63) is 39.6 Å². The highest BCUT2D eigenvalue weighted by Gasteiger charge is 1.98. The van der Waals surface area contributed by atoms with Crippen molar-refractivity contribution in [3.63, 3.8) is 0 Å².